The molecule has 0 unspecified atom stereocenters. The molecule has 1 aliphatic carbocycles. The van der Waals surface area contributed by atoms with Crippen molar-refractivity contribution in [1.82, 2.24) is 15.5 Å². The molecule has 1 heterocycles. The number of aliphatic hydroxyl groups is 1. The van der Waals surface area contributed by atoms with Crippen LogP contribution in [0, 0.1) is 6.92 Å². The third-order valence-electron chi connectivity index (χ3n) is 3.02. The molecule has 5 nitrogen and oxygen atoms in total. The Morgan fingerprint density at radius 3 is 2.82 bits per heavy atom. The van der Waals surface area contributed by atoms with Crippen LogP contribution in [0.1, 0.15) is 41.5 Å². The molecule has 17 heavy (non-hydrogen) atoms. The van der Waals surface area contributed by atoms with Crippen LogP contribution in [0.15, 0.2) is 6.07 Å². The van der Waals surface area contributed by atoms with E-state index in [9.17, 15) is 9.90 Å². The Bertz CT molecular complexity index is 428. The minimum absolute atomic E-state index is 0.0932. The smallest absolute Gasteiger partial charge is 0.253 e. The molecule has 1 aliphatic rings. The zero-order chi connectivity index (χ0) is 12.4. The summed E-state index contributed by atoms with van der Waals surface area (Å²) in [5.41, 5.74) is 2.05. The standard InChI is InChI=1S/C12H17N3O2/c1-3-11-10(4-7(2)14-15-11)12(17)13-8-5-9(16)6-8/h4,8-9,16H,3,5-6H2,1-2H3,(H,13,17). The molecule has 0 aromatic carbocycles. The number of carbonyl (C=O) groups excluding carboxylic acids is 1. The number of aromatic nitrogens is 2. The maximum atomic E-state index is 12.0. The van der Waals surface area contributed by atoms with Crippen molar-refractivity contribution in [3.63, 3.8) is 0 Å². The molecule has 0 saturated heterocycles. The average Bonchev–Trinajstić information content (AvgIpc) is 2.27. The van der Waals surface area contributed by atoms with Crippen molar-refractivity contribution in [3.05, 3.63) is 23.0 Å². The van der Waals surface area contributed by atoms with Gasteiger partial charge in [-0.15, -0.1) is 0 Å². The van der Waals surface area contributed by atoms with Gasteiger partial charge in [0.05, 0.1) is 23.1 Å². The monoisotopic (exact) mass is 235 g/mol. The van der Waals surface area contributed by atoms with Gasteiger partial charge in [-0.1, -0.05) is 6.92 Å². The van der Waals surface area contributed by atoms with E-state index in [0.29, 0.717) is 30.5 Å². The third kappa shape index (κ3) is 2.61. The van der Waals surface area contributed by atoms with Crippen LogP contribution in [0.4, 0.5) is 0 Å². The van der Waals surface area contributed by atoms with Gasteiger partial charge in [0.15, 0.2) is 0 Å². The number of carbonyl (C=O) groups is 1. The summed E-state index contributed by atoms with van der Waals surface area (Å²) >= 11 is 0. The number of rotatable bonds is 3. The van der Waals surface area contributed by atoms with Gasteiger partial charge in [0.25, 0.3) is 5.91 Å². The Labute approximate surface area is 100 Å². The molecule has 1 aromatic rings. The lowest BCUT2D eigenvalue weighted by atomic mass is 9.89. The number of aliphatic hydroxyl groups excluding tert-OH is 1. The fourth-order valence-corrected chi connectivity index (χ4v) is 1.94. The lowest BCUT2D eigenvalue weighted by Gasteiger charge is -2.32. The second-order valence-corrected chi connectivity index (χ2v) is 4.50. The van der Waals surface area contributed by atoms with Gasteiger partial charge in [-0.3, -0.25) is 4.79 Å². The molecule has 92 valence electrons. The normalized spacial score (nSPS) is 23.0. The van der Waals surface area contributed by atoms with Crippen molar-refractivity contribution in [2.75, 3.05) is 0 Å². The minimum atomic E-state index is -0.261. The number of hydrogen-bond acceptors (Lipinski definition) is 4. The van der Waals surface area contributed by atoms with E-state index in [2.05, 4.69) is 15.5 Å². The molecule has 0 spiro atoms. The largest absolute Gasteiger partial charge is 0.393 e. The molecule has 2 rings (SSSR count). The predicted octanol–water partition coefficient (Wildman–Crippen LogP) is 0.601. The zero-order valence-electron chi connectivity index (χ0n) is 10.1. The van der Waals surface area contributed by atoms with E-state index < -0.39 is 0 Å². The van der Waals surface area contributed by atoms with Crippen LogP contribution < -0.4 is 5.32 Å². The summed E-state index contributed by atoms with van der Waals surface area (Å²) in [4.78, 5) is 12.0. The molecule has 1 saturated carbocycles. The van der Waals surface area contributed by atoms with Gasteiger partial charge in [0.2, 0.25) is 0 Å². The number of hydrogen-bond donors (Lipinski definition) is 2. The zero-order valence-corrected chi connectivity index (χ0v) is 10.1. The van der Waals surface area contributed by atoms with E-state index in [1.54, 1.807) is 6.07 Å². The van der Waals surface area contributed by atoms with Crippen molar-refractivity contribution in [2.45, 2.75) is 45.3 Å². The van der Waals surface area contributed by atoms with Gasteiger partial charge >= 0.3 is 0 Å². The van der Waals surface area contributed by atoms with Crippen LogP contribution in [0.2, 0.25) is 0 Å². The fourth-order valence-electron chi connectivity index (χ4n) is 1.94. The lowest BCUT2D eigenvalue weighted by molar-refractivity contribution is 0.0562. The highest BCUT2D eigenvalue weighted by atomic mass is 16.3. The van der Waals surface area contributed by atoms with Crippen molar-refractivity contribution in [1.29, 1.82) is 0 Å². The van der Waals surface area contributed by atoms with Gasteiger partial charge in [-0.25, -0.2) is 0 Å². The summed E-state index contributed by atoms with van der Waals surface area (Å²) in [6.45, 7) is 3.76. The van der Waals surface area contributed by atoms with Crippen molar-refractivity contribution in [2.24, 2.45) is 0 Å². The van der Waals surface area contributed by atoms with E-state index in [4.69, 9.17) is 0 Å². The van der Waals surface area contributed by atoms with Crippen LogP contribution in [0.25, 0.3) is 0 Å². The number of nitrogens with one attached hydrogen (secondary N) is 1. The number of nitrogens with zero attached hydrogens (tertiary/aromatic N) is 2. The van der Waals surface area contributed by atoms with Crippen LogP contribution in [0.5, 0.6) is 0 Å². The Hall–Kier alpha value is -1.49. The van der Waals surface area contributed by atoms with E-state index in [0.717, 1.165) is 5.69 Å². The minimum Gasteiger partial charge on any atom is -0.393 e. The van der Waals surface area contributed by atoms with E-state index in [-0.39, 0.29) is 18.1 Å². The predicted molar refractivity (Wildman–Crippen MR) is 62.6 cm³/mol. The molecule has 1 aromatic heterocycles. The maximum absolute atomic E-state index is 12.0. The quantitative estimate of drug-likeness (QED) is 0.804. The fraction of sp³-hybridized carbons (Fsp3) is 0.583. The molecule has 0 bridgehead atoms. The third-order valence-corrected chi connectivity index (χ3v) is 3.02. The lowest BCUT2D eigenvalue weighted by Crippen LogP contribution is -2.47. The SMILES string of the molecule is CCc1nnc(C)cc1C(=O)NC1CC(O)C1. The summed E-state index contributed by atoms with van der Waals surface area (Å²) in [6.07, 6.45) is 1.71. The molecular weight excluding hydrogens is 218 g/mol. The summed E-state index contributed by atoms with van der Waals surface area (Å²) in [5.74, 6) is -0.114. The second kappa shape index (κ2) is 4.79. The average molecular weight is 235 g/mol. The van der Waals surface area contributed by atoms with E-state index >= 15 is 0 Å². The van der Waals surface area contributed by atoms with Crippen LogP contribution in [0.3, 0.4) is 0 Å². The van der Waals surface area contributed by atoms with Crippen LogP contribution in [-0.4, -0.2) is 33.4 Å². The van der Waals surface area contributed by atoms with Crippen LogP contribution in [-0.2, 0) is 6.42 Å². The Kier molecular flexibility index (Phi) is 3.38. The molecule has 1 amide bonds. The van der Waals surface area contributed by atoms with Crippen LogP contribution >= 0.6 is 0 Å². The molecular formula is C12H17N3O2. The molecule has 1 fully saturated rings. The Morgan fingerprint density at radius 2 is 2.24 bits per heavy atom. The van der Waals surface area contributed by atoms with Gasteiger partial charge in [0, 0.05) is 6.04 Å². The van der Waals surface area contributed by atoms with E-state index in [1.807, 2.05) is 13.8 Å². The van der Waals surface area contributed by atoms with Crippen molar-refractivity contribution >= 4 is 5.91 Å². The van der Waals surface area contributed by atoms with E-state index in [1.165, 1.54) is 0 Å². The molecule has 0 atom stereocenters. The highest BCUT2D eigenvalue weighted by molar-refractivity contribution is 5.95. The van der Waals surface area contributed by atoms with Gasteiger partial charge in [-0.2, -0.15) is 10.2 Å². The number of aryl methyl sites for hydroxylation is 2. The summed E-state index contributed by atoms with van der Waals surface area (Å²) in [5, 5.41) is 20.0. The summed E-state index contributed by atoms with van der Waals surface area (Å²) in [6, 6.07) is 1.85. The van der Waals surface area contributed by atoms with Gasteiger partial charge < -0.3 is 10.4 Å². The first kappa shape index (κ1) is 12.0. The molecule has 0 radical (unpaired) electrons. The molecule has 5 heteroatoms. The first-order valence-corrected chi connectivity index (χ1v) is 5.92. The van der Waals surface area contributed by atoms with Gasteiger partial charge in [0.1, 0.15) is 0 Å². The second-order valence-electron chi connectivity index (χ2n) is 4.50. The Morgan fingerprint density at radius 1 is 1.53 bits per heavy atom. The van der Waals surface area contributed by atoms with Gasteiger partial charge in [-0.05, 0) is 32.3 Å². The van der Waals surface area contributed by atoms with Crippen molar-refractivity contribution < 1.29 is 9.90 Å². The molecule has 2 N–H and O–H groups in total. The molecule has 0 aliphatic heterocycles. The Balaban J connectivity index is 2.09. The highest BCUT2D eigenvalue weighted by Gasteiger charge is 2.29. The summed E-state index contributed by atoms with van der Waals surface area (Å²) in [7, 11) is 0. The first-order chi connectivity index (χ1) is 8.10. The number of amides is 1. The summed E-state index contributed by atoms with van der Waals surface area (Å²) < 4.78 is 0. The topological polar surface area (TPSA) is 75.1 Å². The first-order valence-electron chi connectivity index (χ1n) is 5.92. The highest BCUT2D eigenvalue weighted by Crippen LogP contribution is 2.20. The van der Waals surface area contributed by atoms with Crippen molar-refractivity contribution in [3.8, 4) is 0 Å². The maximum Gasteiger partial charge on any atom is 0.253 e.